The van der Waals surface area contributed by atoms with Crippen LogP contribution in [-0.4, -0.2) is 15.2 Å². The number of thioether (sulfide) groups is 1. The Bertz CT molecular complexity index is 741. The quantitative estimate of drug-likeness (QED) is 0.624. The number of rotatable bonds is 2. The number of amides is 1. The van der Waals surface area contributed by atoms with E-state index in [1.54, 1.807) is 17.2 Å². The van der Waals surface area contributed by atoms with Crippen molar-refractivity contribution in [3.05, 3.63) is 64.8 Å². The molecule has 0 unspecified atom stereocenters. The van der Waals surface area contributed by atoms with Crippen molar-refractivity contribution in [1.29, 1.82) is 0 Å². The summed E-state index contributed by atoms with van der Waals surface area (Å²) in [5.41, 5.74) is 2.61. The number of hydrogen-bond donors (Lipinski definition) is 0. The number of nitrogens with zero attached hydrogens (tertiary/aromatic N) is 2. The van der Waals surface area contributed by atoms with Crippen LogP contribution < -0.4 is 4.90 Å². The van der Waals surface area contributed by atoms with Gasteiger partial charge in [-0.25, -0.2) is 0 Å². The van der Waals surface area contributed by atoms with Gasteiger partial charge in [0.1, 0.15) is 0 Å². The number of para-hydroxylation sites is 1. The summed E-state index contributed by atoms with van der Waals surface area (Å²) in [6.45, 7) is 1.97. The topological polar surface area (TPSA) is 33.2 Å². The molecule has 0 N–H and O–H groups in total. The zero-order chi connectivity index (χ0) is 14.8. The van der Waals surface area contributed by atoms with E-state index in [1.807, 2.05) is 49.4 Å². The van der Waals surface area contributed by atoms with Crippen LogP contribution in [0.4, 0.5) is 5.69 Å². The Morgan fingerprint density at radius 2 is 1.95 bits per heavy atom. The highest BCUT2D eigenvalue weighted by Crippen LogP contribution is 2.36. The summed E-state index contributed by atoms with van der Waals surface area (Å²) >= 11 is 6.67. The Morgan fingerprint density at radius 3 is 2.67 bits per heavy atom. The van der Waals surface area contributed by atoms with Gasteiger partial charge in [-0.1, -0.05) is 48.2 Å². The lowest BCUT2D eigenvalue weighted by Crippen LogP contribution is -2.28. The van der Waals surface area contributed by atoms with Crippen molar-refractivity contribution >= 4 is 46.0 Å². The van der Waals surface area contributed by atoms with E-state index in [9.17, 15) is 4.79 Å². The van der Waals surface area contributed by atoms with E-state index in [1.165, 1.54) is 11.8 Å². The van der Waals surface area contributed by atoms with Gasteiger partial charge in [-0.3, -0.25) is 14.7 Å². The predicted molar refractivity (Wildman–Crippen MR) is 91.1 cm³/mol. The van der Waals surface area contributed by atoms with Gasteiger partial charge in [0.05, 0.1) is 16.3 Å². The highest BCUT2D eigenvalue weighted by molar-refractivity contribution is 8.27. The van der Waals surface area contributed by atoms with Crippen LogP contribution in [-0.2, 0) is 4.79 Å². The molecule has 104 valence electrons. The molecule has 21 heavy (non-hydrogen) atoms. The van der Waals surface area contributed by atoms with Gasteiger partial charge in [-0.2, -0.15) is 0 Å². The molecule has 0 bridgehead atoms. The number of benzene rings is 1. The fourth-order valence-electron chi connectivity index (χ4n) is 2.09. The summed E-state index contributed by atoms with van der Waals surface area (Å²) < 4.78 is 0.552. The van der Waals surface area contributed by atoms with Crippen molar-refractivity contribution in [3.63, 3.8) is 0 Å². The molecule has 0 atom stereocenters. The predicted octanol–water partition coefficient (Wildman–Crippen LogP) is 3.80. The Morgan fingerprint density at radius 1 is 1.19 bits per heavy atom. The molecule has 1 aliphatic rings. The number of hydrogen-bond acceptors (Lipinski definition) is 4. The molecule has 1 aromatic heterocycles. The van der Waals surface area contributed by atoms with Gasteiger partial charge in [0, 0.05) is 6.20 Å². The van der Waals surface area contributed by atoms with Crippen molar-refractivity contribution in [3.8, 4) is 0 Å². The minimum absolute atomic E-state index is 0.0926. The van der Waals surface area contributed by atoms with Crippen molar-refractivity contribution in [2.45, 2.75) is 6.92 Å². The second-order valence-electron chi connectivity index (χ2n) is 4.56. The Hall–Kier alpha value is -1.98. The molecule has 5 heteroatoms. The van der Waals surface area contributed by atoms with E-state index in [-0.39, 0.29) is 5.91 Å². The molecule has 2 aromatic rings. The first-order valence-corrected chi connectivity index (χ1v) is 7.64. The van der Waals surface area contributed by atoms with Gasteiger partial charge in [-0.05, 0) is 36.8 Å². The van der Waals surface area contributed by atoms with E-state index in [4.69, 9.17) is 12.2 Å². The summed E-state index contributed by atoms with van der Waals surface area (Å²) in [6, 6.07) is 13.3. The maximum Gasteiger partial charge on any atom is 0.270 e. The van der Waals surface area contributed by atoms with Crippen LogP contribution in [0.15, 0.2) is 53.6 Å². The monoisotopic (exact) mass is 312 g/mol. The van der Waals surface area contributed by atoms with Crippen molar-refractivity contribution in [2.24, 2.45) is 0 Å². The van der Waals surface area contributed by atoms with E-state index < -0.39 is 0 Å². The second-order valence-corrected chi connectivity index (χ2v) is 6.23. The lowest BCUT2D eigenvalue weighted by Gasteiger charge is -2.16. The van der Waals surface area contributed by atoms with Gasteiger partial charge in [0.15, 0.2) is 4.32 Å². The number of carbonyl (C=O) groups excluding carboxylic acids is 1. The van der Waals surface area contributed by atoms with Crippen LogP contribution in [0.2, 0.25) is 0 Å². The fraction of sp³-hybridized carbons (Fsp3) is 0.0625. The zero-order valence-electron chi connectivity index (χ0n) is 11.3. The van der Waals surface area contributed by atoms with E-state index in [0.717, 1.165) is 16.9 Å². The van der Waals surface area contributed by atoms with Gasteiger partial charge < -0.3 is 0 Å². The van der Waals surface area contributed by atoms with Gasteiger partial charge in [0.2, 0.25) is 0 Å². The summed E-state index contributed by atoms with van der Waals surface area (Å²) in [6.07, 6.45) is 3.48. The van der Waals surface area contributed by atoms with Crippen LogP contribution in [0.5, 0.6) is 0 Å². The highest BCUT2D eigenvalue weighted by atomic mass is 32.2. The first-order chi connectivity index (χ1) is 10.2. The minimum atomic E-state index is -0.0926. The molecule has 0 saturated carbocycles. The summed E-state index contributed by atoms with van der Waals surface area (Å²) in [5.74, 6) is -0.0926. The van der Waals surface area contributed by atoms with Crippen molar-refractivity contribution in [2.75, 3.05) is 4.90 Å². The first kappa shape index (κ1) is 14.0. The molecule has 1 aliphatic heterocycles. The van der Waals surface area contributed by atoms with Crippen LogP contribution >= 0.6 is 24.0 Å². The summed E-state index contributed by atoms with van der Waals surface area (Å²) in [7, 11) is 0. The largest absolute Gasteiger partial charge is 0.270 e. The first-order valence-electron chi connectivity index (χ1n) is 6.41. The Balaban J connectivity index is 1.97. The smallest absolute Gasteiger partial charge is 0.268 e. The second kappa shape index (κ2) is 5.79. The van der Waals surface area contributed by atoms with E-state index >= 15 is 0 Å². The Labute approximate surface area is 132 Å². The third-order valence-electron chi connectivity index (χ3n) is 3.12. The van der Waals surface area contributed by atoms with E-state index in [0.29, 0.717) is 9.23 Å². The number of anilines is 1. The van der Waals surface area contributed by atoms with Crippen molar-refractivity contribution in [1.82, 2.24) is 4.98 Å². The average molecular weight is 312 g/mol. The van der Waals surface area contributed by atoms with Gasteiger partial charge >= 0.3 is 0 Å². The molecule has 0 radical (unpaired) electrons. The maximum atomic E-state index is 12.6. The van der Waals surface area contributed by atoms with Crippen LogP contribution in [0, 0.1) is 6.92 Å². The van der Waals surface area contributed by atoms with Crippen LogP contribution in [0.25, 0.3) is 6.08 Å². The SMILES string of the molecule is Cc1ccccc1N1C(=O)/C(=C/c2ccccn2)SC1=S. The normalized spacial score (nSPS) is 16.8. The van der Waals surface area contributed by atoms with Crippen molar-refractivity contribution < 1.29 is 4.79 Å². The average Bonchev–Trinajstić information content (AvgIpc) is 2.76. The lowest BCUT2D eigenvalue weighted by atomic mass is 10.2. The molecule has 1 saturated heterocycles. The third kappa shape index (κ3) is 2.75. The molecule has 3 rings (SSSR count). The fourth-order valence-corrected chi connectivity index (χ4v) is 3.35. The minimum Gasteiger partial charge on any atom is -0.268 e. The van der Waals surface area contributed by atoms with Crippen LogP contribution in [0.1, 0.15) is 11.3 Å². The molecular formula is C16H12N2OS2. The van der Waals surface area contributed by atoms with E-state index in [2.05, 4.69) is 4.98 Å². The molecule has 2 heterocycles. The number of pyridine rings is 1. The van der Waals surface area contributed by atoms with Gasteiger partial charge in [0.25, 0.3) is 5.91 Å². The highest BCUT2D eigenvalue weighted by Gasteiger charge is 2.33. The maximum absolute atomic E-state index is 12.6. The number of carbonyl (C=O) groups is 1. The Kier molecular flexibility index (Phi) is 3.86. The molecule has 1 amide bonds. The summed E-state index contributed by atoms with van der Waals surface area (Å²) in [4.78, 5) is 19.0. The molecule has 1 fully saturated rings. The third-order valence-corrected chi connectivity index (χ3v) is 4.42. The number of aryl methyl sites for hydroxylation is 1. The number of thiocarbonyl (C=S) groups is 1. The van der Waals surface area contributed by atoms with Gasteiger partial charge in [-0.15, -0.1) is 0 Å². The van der Waals surface area contributed by atoms with Crippen LogP contribution in [0.3, 0.4) is 0 Å². The standard InChI is InChI=1S/C16H12N2OS2/c1-11-6-2-3-8-13(11)18-15(19)14(21-16(18)20)10-12-7-4-5-9-17-12/h2-10H,1H3/b14-10-. The zero-order valence-corrected chi connectivity index (χ0v) is 12.9. The molecular weight excluding hydrogens is 300 g/mol. The number of aromatic nitrogens is 1. The summed E-state index contributed by atoms with van der Waals surface area (Å²) in [5, 5.41) is 0. The molecule has 0 aliphatic carbocycles. The molecule has 3 nitrogen and oxygen atoms in total. The molecule has 0 spiro atoms. The lowest BCUT2D eigenvalue weighted by molar-refractivity contribution is -0.113. The molecule has 1 aromatic carbocycles.